The van der Waals surface area contributed by atoms with Crippen molar-refractivity contribution in [3.8, 4) is 5.88 Å². The van der Waals surface area contributed by atoms with E-state index in [1.165, 1.54) is 12.3 Å². The number of carboxylic acid groups (broad SMARTS) is 1. The molecule has 14 heteroatoms. The van der Waals surface area contributed by atoms with Gasteiger partial charge in [0.25, 0.3) is 0 Å². The van der Waals surface area contributed by atoms with Crippen molar-refractivity contribution >= 4 is 28.0 Å². The fourth-order valence-electron chi connectivity index (χ4n) is 6.41. The van der Waals surface area contributed by atoms with E-state index in [1.54, 1.807) is 24.3 Å². The minimum absolute atomic E-state index is 0.0126. The van der Waals surface area contributed by atoms with Crippen LogP contribution in [-0.2, 0) is 24.4 Å². The molecular weight excluding hydrogens is 615 g/mol. The van der Waals surface area contributed by atoms with Crippen molar-refractivity contribution in [3.63, 3.8) is 0 Å². The summed E-state index contributed by atoms with van der Waals surface area (Å²) in [6.45, 7) is 4.07. The number of aromatic nitrogens is 6. The van der Waals surface area contributed by atoms with Crippen LogP contribution in [-0.4, -0.2) is 77.3 Å². The van der Waals surface area contributed by atoms with E-state index in [4.69, 9.17) is 19.4 Å². The van der Waals surface area contributed by atoms with Crippen LogP contribution in [0.4, 0.5) is 13.2 Å². The molecule has 2 aliphatic heterocycles. The molecule has 1 aromatic carbocycles. The quantitative estimate of drug-likeness (QED) is 0.202. The number of fused-ring (bicyclic) bond motifs is 2. The molecule has 5 aromatic rings. The molecule has 7 rings (SSSR count). The molecule has 2 aliphatic rings. The Balaban J connectivity index is 1.01. The highest BCUT2D eigenvalue weighted by molar-refractivity contribution is 5.88. The third kappa shape index (κ3) is 6.65. The van der Waals surface area contributed by atoms with E-state index in [9.17, 15) is 23.1 Å². The van der Waals surface area contributed by atoms with E-state index in [0.717, 1.165) is 60.7 Å². The van der Waals surface area contributed by atoms with Crippen LogP contribution >= 0.6 is 0 Å². The fraction of sp³-hybridized carbons (Fsp3) is 0.424. The molecular formula is C33H34F3N7O4. The molecule has 47 heavy (non-hydrogen) atoms. The number of halogens is 3. The summed E-state index contributed by atoms with van der Waals surface area (Å²) in [5.74, 6) is 0.463. The van der Waals surface area contributed by atoms with E-state index < -0.39 is 18.7 Å². The number of benzene rings is 1. The number of hydrogen-bond donors (Lipinski definition) is 1. The van der Waals surface area contributed by atoms with Gasteiger partial charge in [0.05, 0.1) is 30.4 Å². The summed E-state index contributed by atoms with van der Waals surface area (Å²) >= 11 is 0. The summed E-state index contributed by atoms with van der Waals surface area (Å²) in [6, 6.07) is 14.1. The van der Waals surface area contributed by atoms with Gasteiger partial charge in [-0.1, -0.05) is 18.2 Å². The van der Waals surface area contributed by atoms with E-state index >= 15 is 0 Å². The number of alkyl halides is 3. The van der Waals surface area contributed by atoms with Crippen LogP contribution in [0.15, 0.2) is 54.7 Å². The molecule has 2 atom stereocenters. The third-order valence-corrected chi connectivity index (χ3v) is 9.06. The van der Waals surface area contributed by atoms with Crippen molar-refractivity contribution in [2.75, 3.05) is 19.7 Å². The third-order valence-electron chi connectivity index (χ3n) is 9.06. The standard InChI is InChI=1S/C33H34F3N7O4/c1-20(30-39-26-7-8-27(32(44)45)40-31(26)42(30)17-24-11-14-46-24)41-12-9-22(10-13-41)25-3-2-4-29(38-25)47-18-21-5-6-23-16-37-43(28(23)15-21)19-33(34,35)36/h2-8,15-16,20,22,24H,9-14,17-19H2,1H3,(H,44,45). The Labute approximate surface area is 267 Å². The van der Waals surface area contributed by atoms with E-state index in [1.807, 2.05) is 22.8 Å². The van der Waals surface area contributed by atoms with E-state index in [0.29, 0.717) is 34.5 Å². The maximum atomic E-state index is 13.0. The number of piperidine rings is 1. The molecule has 0 amide bonds. The van der Waals surface area contributed by atoms with Gasteiger partial charge in [-0.25, -0.2) is 19.7 Å². The predicted molar refractivity (Wildman–Crippen MR) is 165 cm³/mol. The zero-order valence-electron chi connectivity index (χ0n) is 25.7. The molecule has 6 heterocycles. The maximum absolute atomic E-state index is 13.0. The number of imidazole rings is 1. The number of nitrogens with zero attached hydrogens (tertiary/aromatic N) is 7. The zero-order valence-corrected chi connectivity index (χ0v) is 25.7. The van der Waals surface area contributed by atoms with Crippen molar-refractivity contribution < 1.29 is 32.5 Å². The van der Waals surface area contributed by atoms with Gasteiger partial charge in [0.15, 0.2) is 11.3 Å². The number of aromatic carboxylic acids is 1. The Morgan fingerprint density at radius 2 is 1.89 bits per heavy atom. The first-order valence-electron chi connectivity index (χ1n) is 15.7. The van der Waals surface area contributed by atoms with Crippen molar-refractivity contribution in [1.29, 1.82) is 0 Å². The number of hydrogen-bond acceptors (Lipinski definition) is 8. The second kappa shape index (κ2) is 12.6. The minimum atomic E-state index is -4.36. The smallest absolute Gasteiger partial charge is 0.408 e. The van der Waals surface area contributed by atoms with Gasteiger partial charge in [0, 0.05) is 29.7 Å². The number of rotatable bonds is 10. The highest BCUT2D eigenvalue weighted by Crippen LogP contribution is 2.33. The van der Waals surface area contributed by atoms with Crippen LogP contribution in [0.2, 0.25) is 0 Å². The van der Waals surface area contributed by atoms with E-state index in [-0.39, 0.29) is 30.4 Å². The van der Waals surface area contributed by atoms with Crippen LogP contribution in [0.1, 0.15) is 65.7 Å². The van der Waals surface area contributed by atoms with Gasteiger partial charge in [0.2, 0.25) is 5.88 Å². The molecule has 0 spiro atoms. The molecule has 0 radical (unpaired) electrons. The van der Waals surface area contributed by atoms with Crippen LogP contribution < -0.4 is 4.74 Å². The van der Waals surface area contributed by atoms with Crippen molar-refractivity contribution in [2.45, 2.75) is 70.1 Å². The first-order chi connectivity index (χ1) is 22.6. The summed E-state index contributed by atoms with van der Waals surface area (Å²) in [5, 5.41) is 14.0. The lowest BCUT2D eigenvalue weighted by Crippen LogP contribution is -2.37. The number of likely N-dealkylation sites (tertiary alicyclic amines) is 1. The molecule has 2 saturated heterocycles. The minimum Gasteiger partial charge on any atom is -0.477 e. The average Bonchev–Trinajstić information content (AvgIpc) is 3.60. The topological polar surface area (TPSA) is 120 Å². The molecule has 11 nitrogen and oxygen atoms in total. The summed E-state index contributed by atoms with van der Waals surface area (Å²) in [4.78, 5) is 28.1. The van der Waals surface area contributed by atoms with Gasteiger partial charge in [-0.3, -0.25) is 9.58 Å². The van der Waals surface area contributed by atoms with Crippen LogP contribution in [0.25, 0.3) is 22.1 Å². The van der Waals surface area contributed by atoms with Gasteiger partial charge in [-0.15, -0.1) is 0 Å². The van der Waals surface area contributed by atoms with Gasteiger partial charge in [-0.05, 0) is 69.1 Å². The lowest BCUT2D eigenvalue weighted by molar-refractivity contribution is -0.141. The van der Waals surface area contributed by atoms with Gasteiger partial charge >= 0.3 is 12.1 Å². The fourth-order valence-corrected chi connectivity index (χ4v) is 6.41. The van der Waals surface area contributed by atoms with Crippen LogP contribution in [0, 0.1) is 0 Å². The molecule has 0 saturated carbocycles. The first kappa shape index (κ1) is 31.1. The van der Waals surface area contributed by atoms with Crippen molar-refractivity contribution in [2.24, 2.45) is 0 Å². The highest BCUT2D eigenvalue weighted by atomic mass is 19.4. The van der Waals surface area contributed by atoms with Crippen LogP contribution in [0.5, 0.6) is 5.88 Å². The second-order valence-electron chi connectivity index (χ2n) is 12.2. The SMILES string of the molecule is CC(c1nc2ccc(C(=O)O)nc2n1CC1CCO1)N1CCC(c2cccc(OCc3ccc4cnn(CC(F)(F)F)c4c3)n2)CC1. The summed E-state index contributed by atoms with van der Waals surface area (Å²) in [6.07, 6.45) is -0.173. The van der Waals surface area contributed by atoms with Gasteiger partial charge in [0.1, 0.15) is 24.5 Å². The monoisotopic (exact) mass is 649 g/mol. The normalized spacial score (nSPS) is 18.4. The van der Waals surface area contributed by atoms with Crippen molar-refractivity contribution in [3.05, 3.63) is 77.5 Å². The Morgan fingerprint density at radius 1 is 1.09 bits per heavy atom. The number of carboxylic acids is 1. The summed E-state index contributed by atoms with van der Waals surface area (Å²) < 4.78 is 53.6. The predicted octanol–water partition coefficient (Wildman–Crippen LogP) is 5.75. The Bertz CT molecular complexity index is 1910. The van der Waals surface area contributed by atoms with Gasteiger partial charge in [-0.2, -0.15) is 18.3 Å². The molecule has 4 aromatic heterocycles. The molecule has 0 bridgehead atoms. The second-order valence-corrected chi connectivity index (χ2v) is 12.2. The molecule has 2 unspecified atom stereocenters. The summed E-state index contributed by atoms with van der Waals surface area (Å²) in [5.41, 5.74) is 3.28. The number of carbonyl (C=O) groups is 1. The molecule has 0 aliphatic carbocycles. The number of ether oxygens (including phenoxy) is 2. The number of pyridine rings is 2. The Kier molecular flexibility index (Phi) is 8.30. The zero-order chi connectivity index (χ0) is 32.7. The average molecular weight is 650 g/mol. The lowest BCUT2D eigenvalue weighted by Gasteiger charge is -2.36. The molecule has 1 N–H and O–H groups in total. The largest absolute Gasteiger partial charge is 0.477 e. The molecule has 2 fully saturated rings. The molecule has 246 valence electrons. The van der Waals surface area contributed by atoms with Gasteiger partial charge < -0.3 is 19.1 Å². The Hall–Kier alpha value is -4.56. The Morgan fingerprint density at radius 3 is 2.62 bits per heavy atom. The first-order valence-corrected chi connectivity index (χ1v) is 15.7. The highest BCUT2D eigenvalue weighted by Gasteiger charge is 2.31. The maximum Gasteiger partial charge on any atom is 0.408 e. The lowest BCUT2D eigenvalue weighted by atomic mass is 9.92. The summed E-state index contributed by atoms with van der Waals surface area (Å²) in [7, 11) is 0. The van der Waals surface area contributed by atoms with Crippen molar-refractivity contribution in [1.82, 2.24) is 34.2 Å². The van der Waals surface area contributed by atoms with Crippen LogP contribution in [0.3, 0.4) is 0 Å². The van der Waals surface area contributed by atoms with E-state index in [2.05, 4.69) is 21.9 Å².